The maximum Gasteiger partial charge on any atom is 0.240 e. The summed E-state index contributed by atoms with van der Waals surface area (Å²) in [5.74, 6) is 0. The fraction of sp³-hybridized carbons (Fsp3) is 0.600. The van der Waals surface area contributed by atoms with Gasteiger partial charge in [0.25, 0.3) is 0 Å². The molecule has 1 heterocycles. The summed E-state index contributed by atoms with van der Waals surface area (Å²) in [7, 11) is -3.45. The van der Waals surface area contributed by atoms with Gasteiger partial charge in [-0.05, 0) is 32.4 Å². The highest BCUT2D eigenvalue weighted by molar-refractivity contribution is 7.89. The quantitative estimate of drug-likeness (QED) is 0.890. The number of hydrogen-bond acceptors (Lipinski definition) is 4. The Labute approximate surface area is 127 Å². The topological polar surface area (TPSA) is 58.6 Å². The Morgan fingerprint density at radius 3 is 2.57 bits per heavy atom. The van der Waals surface area contributed by atoms with Crippen molar-refractivity contribution < 1.29 is 13.2 Å². The van der Waals surface area contributed by atoms with Gasteiger partial charge in [0.1, 0.15) is 0 Å². The first-order valence-electron chi connectivity index (χ1n) is 7.29. The Kier molecular flexibility index (Phi) is 5.37. The first-order valence-corrected chi connectivity index (χ1v) is 8.77. The van der Waals surface area contributed by atoms with E-state index < -0.39 is 10.0 Å². The molecule has 1 fully saturated rings. The number of sulfonamides is 1. The highest BCUT2D eigenvalue weighted by Gasteiger charge is 2.21. The summed E-state index contributed by atoms with van der Waals surface area (Å²) >= 11 is 0. The lowest BCUT2D eigenvalue weighted by Crippen LogP contribution is -2.47. The van der Waals surface area contributed by atoms with Crippen molar-refractivity contribution in [1.82, 2.24) is 9.62 Å². The number of morpholine rings is 1. The average molecular weight is 312 g/mol. The fourth-order valence-electron chi connectivity index (χ4n) is 2.56. The van der Waals surface area contributed by atoms with Crippen LogP contribution in [0.3, 0.4) is 0 Å². The minimum Gasteiger partial charge on any atom is -0.379 e. The van der Waals surface area contributed by atoms with Gasteiger partial charge in [-0.3, -0.25) is 4.90 Å². The molecular weight excluding hydrogens is 288 g/mol. The number of ether oxygens (including phenoxy) is 1. The van der Waals surface area contributed by atoms with Crippen LogP contribution in [0.2, 0.25) is 0 Å². The summed E-state index contributed by atoms with van der Waals surface area (Å²) in [6.45, 7) is 9.37. The van der Waals surface area contributed by atoms with E-state index in [-0.39, 0.29) is 6.04 Å². The third kappa shape index (κ3) is 4.26. The number of nitrogens with zero attached hydrogens (tertiary/aromatic N) is 1. The van der Waals surface area contributed by atoms with Crippen LogP contribution in [0.4, 0.5) is 0 Å². The van der Waals surface area contributed by atoms with E-state index in [0.29, 0.717) is 24.7 Å². The van der Waals surface area contributed by atoms with Crippen LogP contribution in [-0.4, -0.2) is 52.2 Å². The number of nitrogens with one attached hydrogen (secondary N) is 1. The first kappa shape index (κ1) is 16.4. The number of rotatable bonds is 5. The van der Waals surface area contributed by atoms with Gasteiger partial charge in [-0.15, -0.1) is 0 Å². The van der Waals surface area contributed by atoms with Gasteiger partial charge in [-0.25, -0.2) is 13.1 Å². The molecule has 1 atom stereocenters. The Balaban J connectivity index is 2.00. The van der Waals surface area contributed by atoms with Gasteiger partial charge >= 0.3 is 0 Å². The van der Waals surface area contributed by atoms with E-state index in [1.165, 1.54) is 0 Å². The van der Waals surface area contributed by atoms with Gasteiger partial charge in [0.05, 0.1) is 18.1 Å². The van der Waals surface area contributed by atoms with Crippen molar-refractivity contribution >= 4 is 10.0 Å². The van der Waals surface area contributed by atoms with E-state index in [2.05, 4.69) is 9.62 Å². The van der Waals surface area contributed by atoms with Crippen molar-refractivity contribution in [2.24, 2.45) is 0 Å². The van der Waals surface area contributed by atoms with E-state index in [9.17, 15) is 8.42 Å². The van der Waals surface area contributed by atoms with E-state index in [4.69, 9.17) is 4.74 Å². The molecule has 5 nitrogen and oxygen atoms in total. The normalized spacial score (nSPS) is 18.6. The van der Waals surface area contributed by atoms with Crippen molar-refractivity contribution in [2.75, 3.05) is 32.8 Å². The lowest BCUT2D eigenvalue weighted by atomic mass is 10.2. The third-order valence-electron chi connectivity index (χ3n) is 3.86. The zero-order valence-corrected chi connectivity index (χ0v) is 13.7. The smallest absolute Gasteiger partial charge is 0.240 e. The van der Waals surface area contributed by atoms with Crippen molar-refractivity contribution in [2.45, 2.75) is 31.7 Å². The molecule has 1 aromatic rings. The van der Waals surface area contributed by atoms with Crippen LogP contribution < -0.4 is 4.72 Å². The zero-order valence-electron chi connectivity index (χ0n) is 12.9. The molecule has 0 aromatic heterocycles. The molecule has 0 radical (unpaired) electrons. The molecule has 1 saturated heterocycles. The summed E-state index contributed by atoms with van der Waals surface area (Å²) in [5.41, 5.74) is 1.84. The summed E-state index contributed by atoms with van der Waals surface area (Å²) in [6.07, 6.45) is 0. The first-order chi connectivity index (χ1) is 9.90. The van der Waals surface area contributed by atoms with Crippen LogP contribution in [0.1, 0.15) is 18.1 Å². The zero-order chi connectivity index (χ0) is 15.5. The van der Waals surface area contributed by atoms with Crippen LogP contribution in [0, 0.1) is 13.8 Å². The summed E-state index contributed by atoms with van der Waals surface area (Å²) in [5, 5.41) is 0. The van der Waals surface area contributed by atoms with Gasteiger partial charge < -0.3 is 4.74 Å². The fourth-order valence-corrected chi connectivity index (χ4v) is 3.90. The van der Waals surface area contributed by atoms with Gasteiger partial charge in [0.2, 0.25) is 10.0 Å². The molecule has 1 unspecified atom stereocenters. The Hall–Kier alpha value is -0.950. The van der Waals surface area contributed by atoms with Crippen LogP contribution in [-0.2, 0) is 14.8 Å². The minimum absolute atomic E-state index is 0.162. The van der Waals surface area contributed by atoms with Crippen LogP contribution in [0.25, 0.3) is 0 Å². The van der Waals surface area contributed by atoms with E-state index in [0.717, 1.165) is 24.2 Å². The number of benzene rings is 1. The van der Waals surface area contributed by atoms with Gasteiger partial charge in [0.15, 0.2) is 0 Å². The maximum atomic E-state index is 12.4. The molecular formula is C15H24N2O3S. The lowest BCUT2D eigenvalue weighted by Gasteiger charge is -2.32. The minimum atomic E-state index is -3.45. The van der Waals surface area contributed by atoms with Crippen molar-refractivity contribution in [3.05, 3.63) is 29.3 Å². The van der Waals surface area contributed by atoms with Crippen LogP contribution in [0.5, 0.6) is 0 Å². The van der Waals surface area contributed by atoms with Gasteiger partial charge in [-0.2, -0.15) is 0 Å². The van der Waals surface area contributed by atoms with E-state index in [1.54, 1.807) is 6.07 Å². The molecule has 0 saturated carbocycles. The largest absolute Gasteiger partial charge is 0.379 e. The third-order valence-corrected chi connectivity index (χ3v) is 5.44. The van der Waals surface area contributed by atoms with Crippen molar-refractivity contribution in [3.8, 4) is 0 Å². The molecule has 0 bridgehead atoms. The van der Waals surface area contributed by atoms with E-state index >= 15 is 0 Å². The van der Waals surface area contributed by atoms with Gasteiger partial charge in [-0.1, -0.05) is 17.7 Å². The molecule has 2 rings (SSSR count). The second kappa shape index (κ2) is 6.87. The Bertz CT molecular complexity index is 581. The molecule has 6 heteroatoms. The maximum absolute atomic E-state index is 12.4. The highest BCUT2D eigenvalue weighted by Crippen LogP contribution is 2.16. The Morgan fingerprint density at radius 1 is 1.29 bits per heavy atom. The lowest BCUT2D eigenvalue weighted by molar-refractivity contribution is 0.0213. The monoisotopic (exact) mass is 312 g/mol. The molecule has 1 aliphatic heterocycles. The van der Waals surface area contributed by atoms with Crippen LogP contribution in [0.15, 0.2) is 23.1 Å². The van der Waals surface area contributed by atoms with Crippen molar-refractivity contribution in [3.63, 3.8) is 0 Å². The summed E-state index contributed by atoms with van der Waals surface area (Å²) in [6, 6.07) is 5.55. The van der Waals surface area contributed by atoms with Crippen molar-refractivity contribution in [1.29, 1.82) is 0 Å². The van der Waals surface area contributed by atoms with Gasteiger partial charge in [0, 0.05) is 25.7 Å². The predicted molar refractivity (Wildman–Crippen MR) is 83.0 cm³/mol. The standard InChI is InChI=1S/C15H24N2O3S/c1-12-4-5-15(13(2)10-12)21(18,19)16-11-14(3)17-6-8-20-9-7-17/h4-5,10,14,16H,6-9,11H2,1-3H3. The average Bonchev–Trinajstić information content (AvgIpc) is 2.45. The second-order valence-corrected chi connectivity index (χ2v) is 7.35. The highest BCUT2D eigenvalue weighted by atomic mass is 32.2. The number of aryl methyl sites for hydroxylation is 2. The van der Waals surface area contributed by atoms with Crippen LogP contribution >= 0.6 is 0 Å². The SMILES string of the molecule is Cc1ccc(S(=O)(=O)NCC(C)N2CCOCC2)c(C)c1. The predicted octanol–water partition coefficient (Wildman–Crippen LogP) is 1.30. The molecule has 0 amide bonds. The number of hydrogen-bond donors (Lipinski definition) is 1. The molecule has 0 spiro atoms. The molecule has 1 N–H and O–H groups in total. The summed E-state index contributed by atoms with van der Waals surface area (Å²) < 4.78 is 32.8. The second-order valence-electron chi connectivity index (χ2n) is 5.62. The van der Waals surface area contributed by atoms with E-state index in [1.807, 2.05) is 32.9 Å². The molecule has 118 valence electrons. The molecule has 21 heavy (non-hydrogen) atoms. The Morgan fingerprint density at radius 2 is 1.95 bits per heavy atom. The summed E-state index contributed by atoms with van der Waals surface area (Å²) in [4.78, 5) is 2.61. The molecule has 1 aromatic carbocycles. The molecule has 1 aliphatic rings. The molecule has 0 aliphatic carbocycles.